The topological polar surface area (TPSA) is 29.3 Å². The maximum Gasteiger partial charge on any atom is 0.0359 e. The molecule has 0 aliphatic rings. The molecule has 1 aromatic rings. The fraction of sp³-hybridized carbons (Fsp3) is 0.385. The zero-order valence-electron chi connectivity index (χ0n) is 9.45. The molecule has 0 radical (unpaired) electrons. The Kier molecular flexibility index (Phi) is 4.91. The van der Waals surface area contributed by atoms with Crippen LogP contribution in [-0.4, -0.2) is 18.5 Å². The molecular weight excluding hydrogens is 184 g/mol. The van der Waals surface area contributed by atoms with Crippen LogP contribution < -0.4 is 5.73 Å². The summed E-state index contributed by atoms with van der Waals surface area (Å²) in [5, 5.41) is 0. The smallest absolute Gasteiger partial charge is 0.0359 e. The van der Waals surface area contributed by atoms with Crippen LogP contribution in [0.25, 0.3) is 0 Å². The summed E-state index contributed by atoms with van der Waals surface area (Å²) < 4.78 is 0. The summed E-state index contributed by atoms with van der Waals surface area (Å²) in [5.41, 5.74) is 7.97. The molecule has 0 aliphatic carbocycles. The fourth-order valence-electron chi connectivity index (χ4n) is 1.55. The molecule has 0 heterocycles. The van der Waals surface area contributed by atoms with E-state index in [4.69, 9.17) is 5.73 Å². The van der Waals surface area contributed by atoms with E-state index in [9.17, 15) is 0 Å². The zero-order valence-corrected chi connectivity index (χ0v) is 9.45. The summed E-state index contributed by atoms with van der Waals surface area (Å²) in [5.74, 6) is 0. The molecule has 0 saturated carbocycles. The molecule has 0 spiro atoms. The van der Waals surface area contributed by atoms with Crippen LogP contribution in [0.15, 0.2) is 36.9 Å². The van der Waals surface area contributed by atoms with Gasteiger partial charge >= 0.3 is 0 Å². The van der Waals surface area contributed by atoms with Crippen molar-refractivity contribution in [1.29, 1.82) is 0 Å². The number of anilines is 1. The highest BCUT2D eigenvalue weighted by molar-refractivity contribution is 5.46. The van der Waals surface area contributed by atoms with Gasteiger partial charge in [-0.3, -0.25) is 0 Å². The number of rotatable bonds is 6. The standard InChI is InChI=1S/C13H20N2/c1-3-4-7-10-15(2)11-12-8-5-6-9-13(12)14/h3,5-6,8-9H,1,4,7,10-11,14H2,2H3. The number of allylic oxidation sites excluding steroid dienone is 1. The highest BCUT2D eigenvalue weighted by Gasteiger charge is 2.02. The van der Waals surface area contributed by atoms with Crippen molar-refractivity contribution in [2.75, 3.05) is 19.3 Å². The largest absolute Gasteiger partial charge is 0.398 e. The second-order valence-electron chi connectivity index (χ2n) is 3.87. The summed E-state index contributed by atoms with van der Waals surface area (Å²) in [6.07, 6.45) is 4.20. The first-order valence-electron chi connectivity index (χ1n) is 5.37. The molecule has 1 rings (SSSR count). The van der Waals surface area contributed by atoms with Gasteiger partial charge < -0.3 is 10.6 Å². The van der Waals surface area contributed by atoms with Gasteiger partial charge in [0.05, 0.1) is 0 Å². The average Bonchev–Trinajstić information content (AvgIpc) is 2.22. The number of unbranched alkanes of at least 4 members (excludes halogenated alkanes) is 1. The Morgan fingerprint density at radius 3 is 2.80 bits per heavy atom. The van der Waals surface area contributed by atoms with E-state index in [2.05, 4.69) is 24.6 Å². The van der Waals surface area contributed by atoms with Crippen molar-refractivity contribution in [1.82, 2.24) is 4.90 Å². The second kappa shape index (κ2) is 6.25. The normalized spacial score (nSPS) is 10.5. The number of para-hydroxylation sites is 1. The third-order valence-corrected chi connectivity index (χ3v) is 2.44. The number of nitrogens with two attached hydrogens (primary N) is 1. The molecule has 0 amide bonds. The van der Waals surface area contributed by atoms with Crippen LogP contribution in [0.5, 0.6) is 0 Å². The minimum Gasteiger partial charge on any atom is -0.398 e. The molecule has 0 aromatic heterocycles. The van der Waals surface area contributed by atoms with Gasteiger partial charge in [-0.25, -0.2) is 0 Å². The predicted octanol–water partition coefficient (Wildman–Crippen LogP) is 2.67. The minimum absolute atomic E-state index is 0.882. The lowest BCUT2D eigenvalue weighted by atomic mass is 10.1. The van der Waals surface area contributed by atoms with Gasteiger partial charge in [0.25, 0.3) is 0 Å². The van der Waals surface area contributed by atoms with E-state index in [0.717, 1.165) is 31.6 Å². The van der Waals surface area contributed by atoms with Crippen LogP contribution in [0.1, 0.15) is 18.4 Å². The molecule has 0 bridgehead atoms. The van der Waals surface area contributed by atoms with Crippen molar-refractivity contribution < 1.29 is 0 Å². The van der Waals surface area contributed by atoms with Gasteiger partial charge in [-0.1, -0.05) is 24.3 Å². The number of nitrogen functional groups attached to an aromatic ring is 1. The summed E-state index contributed by atoms with van der Waals surface area (Å²) in [6.45, 7) is 5.72. The highest BCUT2D eigenvalue weighted by atomic mass is 15.1. The van der Waals surface area contributed by atoms with E-state index in [1.54, 1.807) is 0 Å². The van der Waals surface area contributed by atoms with E-state index in [0.29, 0.717) is 0 Å². The van der Waals surface area contributed by atoms with Crippen molar-refractivity contribution in [2.45, 2.75) is 19.4 Å². The molecular formula is C13H20N2. The van der Waals surface area contributed by atoms with Crippen molar-refractivity contribution in [3.8, 4) is 0 Å². The van der Waals surface area contributed by atoms with Gasteiger partial charge in [0, 0.05) is 12.2 Å². The lowest BCUT2D eigenvalue weighted by Gasteiger charge is -2.17. The van der Waals surface area contributed by atoms with Crippen LogP contribution in [0.4, 0.5) is 5.69 Å². The number of nitrogens with zero attached hydrogens (tertiary/aromatic N) is 1. The van der Waals surface area contributed by atoms with Crippen LogP contribution in [0.3, 0.4) is 0 Å². The van der Waals surface area contributed by atoms with Crippen molar-refractivity contribution in [3.05, 3.63) is 42.5 Å². The first-order chi connectivity index (χ1) is 7.24. The van der Waals surface area contributed by atoms with Gasteiger partial charge in [-0.05, 0) is 38.1 Å². The molecule has 0 atom stereocenters. The first-order valence-corrected chi connectivity index (χ1v) is 5.37. The van der Waals surface area contributed by atoms with E-state index in [-0.39, 0.29) is 0 Å². The number of benzene rings is 1. The lowest BCUT2D eigenvalue weighted by molar-refractivity contribution is 0.323. The van der Waals surface area contributed by atoms with E-state index in [1.165, 1.54) is 5.56 Å². The molecule has 1 aromatic carbocycles. The Morgan fingerprint density at radius 1 is 1.40 bits per heavy atom. The van der Waals surface area contributed by atoms with Crippen molar-refractivity contribution in [2.24, 2.45) is 0 Å². The molecule has 0 aliphatic heterocycles. The predicted molar refractivity (Wildman–Crippen MR) is 66.6 cm³/mol. The van der Waals surface area contributed by atoms with E-state index in [1.807, 2.05) is 24.3 Å². The van der Waals surface area contributed by atoms with E-state index >= 15 is 0 Å². The minimum atomic E-state index is 0.882. The molecule has 15 heavy (non-hydrogen) atoms. The second-order valence-corrected chi connectivity index (χ2v) is 3.87. The first kappa shape index (κ1) is 11.8. The summed E-state index contributed by atoms with van der Waals surface area (Å²) >= 11 is 0. The third-order valence-electron chi connectivity index (χ3n) is 2.44. The van der Waals surface area contributed by atoms with Crippen LogP contribution in [-0.2, 0) is 6.54 Å². The Hall–Kier alpha value is -1.28. The van der Waals surface area contributed by atoms with E-state index < -0.39 is 0 Å². The third kappa shape index (κ3) is 4.17. The monoisotopic (exact) mass is 204 g/mol. The summed E-state index contributed by atoms with van der Waals surface area (Å²) in [4.78, 5) is 2.29. The van der Waals surface area contributed by atoms with Crippen molar-refractivity contribution in [3.63, 3.8) is 0 Å². The summed E-state index contributed by atoms with van der Waals surface area (Å²) in [7, 11) is 2.12. The molecule has 0 saturated heterocycles. The summed E-state index contributed by atoms with van der Waals surface area (Å²) in [6, 6.07) is 8.03. The zero-order chi connectivity index (χ0) is 11.1. The average molecular weight is 204 g/mol. The maximum absolute atomic E-state index is 5.88. The van der Waals surface area contributed by atoms with Crippen LogP contribution in [0, 0.1) is 0 Å². The van der Waals surface area contributed by atoms with Crippen molar-refractivity contribution >= 4 is 5.69 Å². The molecule has 2 heteroatoms. The van der Waals surface area contributed by atoms with Gasteiger partial charge in [-0.2, -0.15) is 0 Å². The van der Waals surface area contributed by atoms with Gasteiger partial charge in [0.1, 0.15) is 0 Å². The Balaban J connectivity index is 2.40. The lowest BCUT2D eigenvalue weighted by Crippen LogP contribution is -2.19. The van der Waals surface area contributed by atoms with Crippen LogP contribution >= 0.6 is 0 Å². The molecule has 82 valence electrons. The Bertz CT molecular complexity index is 307. The number of hydrogen-bond acceptors (Lipinski definition) is 2. The molecule has 0 fully saturated rings. The van der Waals surface area contributed by atoms with Gasteiger partial charge in [-0.15, -0.1) is 6.58 Å². The quantitative estimate of drug-likeness (QED) is 0.438. The van der Waals surface area contributed by atoms with Crippen LogP contribution in [0.2, 0.25) is 0 Å². The molecule has 2 nitrogen and oxygen atoms in total. The Labute approximate surface area is 92.4 Å². The Morgan fingerprint density at radius 2 is 2.13 bits per heavy atom. The highest BCUT2D eigenvalue weighted by Crippen LogP contribution is 2.12. The molecule has 0 unspecified atom stereocenters. The maximum atomic E-state index is 5.88. The molecule has 2 N–H and O–H groups in total. The number of hydrogen-bond donors (Lipinski definition) is 1. The SMILES string of the molecule is C=CCCCN(C)Cc1ccccc1N. The fourth-order valence-corrected chi connectivity index (χ4v) is 1.55. The van der Waals surface area contributed by atoms with Gasteiger partial charge in [0.2, 0.25) is 0 Å². The van der Waals surface area contributed by atoms with Gasteiger partial charge in [0.15, 0.2) is 0 Å².